The average molecular weight is 313 g/mol. The highest BCUT2D eigenvalue weighted by Crippen LogP contribution is 2.20. The molecule has 0 amide bonds. The predicted molar refractivity (Wildman–Crippen MR) is 86.8 cm³/mol. The van der Waals surface area contributed by atoms with Crippen LogP contribution in [-0.2, 0) is 16.6 Å². The molecular formula is C15H27N3O2S. The Balaban J connectivity index is 3.10. The molecule has 0 spiro atoms. The van der Waals surface area contributed by atoms with Gasteiger partial charge in [0.25, 0.3) is 0 Å². The van der Waals surface area contributed by atoms with Crippen LogP contribution in [0.1, 0.15) is 18.9 Å². The summed E-state index contributed by atoms with van der Waals surface area (Å²) >= 11 is 0. The van der Waals surface area contributed by atoms with Gasteiger partial charge in [0.2, 0.25) is 10.0 Å². The summed E-state index contributed by atoms with van der Waals surface area (Å²) in [5, 5.41) is 3.03. The fourth-order valence-electron chi connectivity index (χ4n) is 2.14. The van der Waals surface area contributed by atoms with Gasteiger partial charge in [0.05, 0.1) is 4.90 Å². The second-order valence-electron chi connectivity index (χ2n) is 5.35. The minimum atomic E-state index is -3.45. The summed E-state index contributed by atoms with van der Waals surface area (Å²) in [6.07, 6.45) is 0.806. The lowest BCUT2D eigenvalue weighted by Crippen LogP contribution is -2.37. The minimum absolute atomic E-state index is 0.409. The van der Waals surface area contributed by atoms with E-state index in [9.17, 15) is 8.42 Å². The molecule has 0 bridgehead atoms. The highest BCUT2D eigenvalue weighted by Gasteiger charge is 2.25. The summed E-state index contributed by atoms with van der Waals surface area (Å²) in [5.74, 6) is 0. The molecule has 1 aromatic rings. The highest BCUT2D eigenvalue weighted by atomic mass is 32.2. The van der Waals surface area contributed by atoms with Crippen LogP contribution in [0, 0.1) is 0 Å². The maximum Gasteiger partial charge on any atom is 0.243 e. The van der Waals surface area contributed by atoms with Gasteiger partial charge in [-0.1, -0.05) is 25.1 Å². The number of nitrogens with zero attached hydrogens (tertiary/aromatic N) is 2. The number of rotatable bonds is 9. The van der Waals surface area contributed by atoms with Gasteiger partial charge in [-0.05, 0) is 39.2 Å². The molecule has 0 saturated carbocycles. The summed E-state index contributed by atoms with van der Waals surface area (Å²) in [5.41, 5.74) is 0.811. The van der Waals surface area contributed by atoms with Crippen molar-refractivity contribution < 1.29 is 8.42 Å². The van der Waals surface area contributed by atoms with Crippen molar-refractivity contribution in [1.29, 1.82) is 0 Å². The molecule has 5 nitrogen and oxygen atoms in total. The number of sulfonamides is 1. The predicted octanol–water partition coefficient (Wildman–Crippen LogP) is 1.37. The van der Waals surface area contributed by atoms with E-state index in [1.165, 1.54) is 0 Å². The van der Waals surface area contributed by atoms with Crippen LogP contribution >= 0.6 is 0 Å². The van der Waals surface area contributed by atoms with Crippen LogP contribution in [0.25, 0.3) is 0 Å². The van der Waals surface area contributed by atoms with E-state index in [1.54, 1.807) is 16.4 Å². The molecule has 1 aromatic carbocycles. The van der Waals surface area contributed by atoms with E-state index in [4.69, 9.17) is 0 Å². The summed E-state index contributed by atoms with van der Waals surface area (Å²) in [6.45, 7) is 4.31. The Morgan fingerprint density at radius 2 is 1.76 bits per heavy atom. The zero-order valence-electron chi connectivity index (χ0n) is 13.5. The minimum Gasteiger partial charge on any atom is -0.316 e. The van der Waals surface area contributed by atoms with E-state index in [2.05, 4.69) is 5.32 Å². The normalized spacial score (nSPS) is 12.3. The molecule has 120 valence electrons. The molecule has 0 aliphatic rings. The maximum atomic E-state index is 12.9. The SMILES string of the molecule is CCCN(CCN(C)C)S(=O)(=O)c1ccccc1CNC. The molecule has 0 aliphatic carbocycles. The summed E-state index contributed by atoms with van der Waals surface area (Å²) in [7, 11) is 2.27. The second-order valence-corrected chi connectivity index (χ2v) is 7.25. The standard InChI is InChI=1S/C15H27N3O2S/c1-5-10-18(12-11-17(3)4)21(19,20)15-9-7-6-8-14(15)13-16-2/h6-9,16H,5,10-13H2,1-4H3. The largest absolute Gasteiger partial charge is 0.316 e. The lowest BCUT2D eigenvalue weighted by atomic mass is 10.2. The molecule has 0 fully saturated rings. The molecular weight excluding hydrogens is 286 g/mol. The van der Waals surface area contributed by atoms with Crippen molar-refractivity contribution in [2.24, 2.45) is 0 Å². The molecule has 6 heteroatoms. The van der Waals surface area contributed by atoms with Crippen LogP contribution in [0.2, 0.25) is 0 Å². The molecule has 0 aliphatic heterocycles. The first kappa shape index (κ1) is 18.1. The first-order chi connectivity index (χ1) is 9.93. The van der Waals surface area contributed by atoms with Crippen molar-refractivity contribution in [3.63, 3.8) is 0 Å². The van der Waals surface area contributed by atoms with E-state index in [1.807, 2.05) is 45.1 Å². The third kappa shape index (κ3) is 5.07. The van der Waals surface area contributed by atoms with Crippen LogP contribution in [-0.4, -0.2) is 58.4 Å². The monoisotopic (exact) mass is 313 g/mol. The summed E-state index contributed by atoms with van der Waals surface area (Å²) < 4.78 is 27.4. The van der Waals surface area contributed by atoms with E-state index >= 15 is 0 Å². The lowest BCUT2D eigenvalue weighted by Gasteiger charge is -2.24. The molecule has 0 aromatic heterocycles. The smallest absolute Gasteiger partial charge is 0.243 e. The van der Waals surface area contributed by atoms with Gasteiger partial charge in [-0.25, -0.2) is 8.42 Å². The fraction of sp³-hybridized carbons (Fsp3) is 0.600. The Hall–Kier alpha value is -0.950. The first-order valence-electron chi connectivity index (χ1n) is 7.30. The molecule has 0 unspecified atom stereocenters. The topological polar surface area (TPSA) is 52.7 Å². The molecule has 1 rings (SSSR count). The van der Waals surface area contributed by atoms with Crippen LogP contribution in [0.15, 0.2) is 29.2 Å². The third-order valence-corrected chi connectivity index (χ3v) is 5.23. The van der Waals surface area contributed by atoms with Gasteiger partial charge < -0.3 is 10.2 Å². The Morgan fingerprint density at radius 1 is 1.10 bits per heavy atom. The Bertz CT molecular complexity index is 529. The fourth-order valence-corrected chi connectivity index (χ4v) is 3.89. The highest BCUT2D eigenvalue weighted by molar-refractivity contribution is 7.89. The van der Waals surface area contributed by atoms with Gasteiger partial charge in [0.15, 0.2) is 0 Å². The van der Waals surface area contributed by atoms with Crippen LogP contribution in [0.5, 0.6) is 0 Å². The van der Waals surface area contributed by atoms with Crippen LogP contribution < -0.4 is 5.32 Å². The van der Waals surface area contributed by atoms with Gasteiger partial charge in [-0.15, -0.1) is 0 Å². The van der Waals surface area contributed by atoms with Crippen molar-refractivity contribution in [2.45, 2.75) is 24.8 Å². The Kier molecular flexibility index (Phi) is 7.31. The van der Waals surface area contributed by atoms with Gasteiger partial charge in [0, 0.05) is 26.2 Å². The zero-order chi connectivity index (χ0) is 15.9. The number of likely N-dealkylation sites (N-methyl/N-ethyl adjacent to an activating group) is 1. The second kappa shape index (κ2) is 8.48. The summed E-state index contributed by atoms with van der Waals surface area (Å²) in [4.78, 5) is 2.41. The molecule has 0 radical (unpaired) electrons. The number of hydrogen-bond donors (Lipinski definition) is 1. The van der Waals surface area contributed by atoms with Gasteiger partial charge in [-0.2, -0.15) is 4.31 Å². The van der Waals surface area contributed by atoms with E-state index < -0.39 is 10.0 Å². The number of benzene rings is 1. The third-order valence-electron chi connectivity index (χ3n) is 3.23. The number of nitrogens with one attached hydrogen (secondary N) is 1. The molecule has 0 atom stereocenters. The Morgan fingerprint density at radius 3 is 2.33 bits per heavy atom. The van der Waals surface area contributed by atoms with Crippen LogP contribution in [0.4, 0.5) is 0 Å². The van der Waals surface area contributed by atoms with Crippen molar-refractivity contribution in [2.75, 3.05) is 40.8 Å². The van der Waals surface area contributed by atoms with Gasteiger partial charge in [-0.3, -0.25) is 0 Å². The Labute approximate surface area is 129 Å². The van der Waals surface area contributed by atoms with E-state index in [0.29, 0.717) is 31.1 Å². The summed E-state index contributed by atoms with van der Waals surface area (Å²) in [6, 6.07) is 7.21. The van der Waals surface area contributed by atoms with Gasteiger partial charge >= 0.3 is 0 Å². The molecule has 21 heavy (non-hydrogen) atoms. The quantitative estimate of drug-likeness (QED) is 0.748. The van der Waals surface area contributed by atoms with Gasteiger partial charge in [0.1, 0.15) is 0 Å². The lowest BCUT2D eigenvalue weighted by molar-refractivity contribution is 0.332. The van der Waals surface area contributed by atoms with Crippen molar-refractivity contribution >= 4 is 10.0 Å². The molecule has 0 saturated heterocycles. The average Bonchev–Trinajstić information content (AvgIpc) is 2.44. The molecule has 0 heterocycles. The van der Waals surface area contributed by atoms with Crippen molar-refractivity contribution in [1.82, 2.24) is 14.5 Å². The van der Waals surface area contributed by atoms with E-state index in [-0.39, 0.29) is 0 Å². The first-order valence-corrected chi connectivity index (χ1v) is 8.74. The zero-order valence-corrected chi connectivity index (χ0v) is 14.3. The van der Waals surface area contributed by atoms with Crippen LogP contribution in [0.3, 0.4) is 0 Å². The van der Waals surface area contributed by atoms with Crippen molar-refractivity contribution in [3.8, 4) is 0 Å². The van der Waals surface area contributed by atoms with Crippen molar-refractivity contribution in [3.05, 3.63) is 29.8 Å². The van der Waals surface area contributed by atoms with E-state index in [0.717, 1.165) is 12.0 Å². The maximum absolute atomic E-state index is 12.9. The molecule has 1 N–H and O–H groups in total. The number of hydrogen-bond acceptors (Lipinski definition) is 4.